The summed E-state index contributed by atoms with van der Waals surface area (Å²) >= 11 is 0. The third-order valence-corrected chi connectivity index (χ3v) is 5.96. The van der Waals surface area contributed by atoms with Gasteiger partial charge in [-0.25, -0.2) is 0 Å². The van der Waals surface area contributed by atoms with Crippen molar-refractivity contribution < 1.29 is 17.9 Å². The molecule has 0 aromatic rings. The Morgan fingerprint density at radius 1 is 1.29 bits per heavy atom. The molecule has 0 aromatic heterocycles. The number of carbonyl (C=O) groups excluding carboxylic acids is 1. The van der Waals surface area contributed by atoms with Gasteiger partial charge in [0, 0.05) is 38.8 Å². The van der Waals surface area contributed by atoms with Gasteiger partial charge >= 0.3 is 5.97 Å². The van der Waals surface area contributed by atoms with E-state index in [2.05, 4.69) is 5.32 Å². The summed E-state index contributed by atoms with van der Waals surface area (Å²) < 4.78 is 33.3. The molecule has 2 atom stereocenters. The second-order valence-corrected chi connectivity index (χ2v) is 7.60. The van der Waals surface area contributed by atoms with Gasteiger partial charge in [-0.2, -0.15) is 17.0 Å². The van der Waals surface area contributed by atoms with Crippen LogP contribution in [0.15, 0.2) is 0 Å². The Morgan fingerprint density at radius 2 is 2.00 bits per heavy atom. The first-order chi connectivity index (χ1) is 9.95. The average molecular weight is 319 g/mol. The molecule has 2 fully saturated rings. The van der Waals surface area contributed by atoms with Crippen LogP contribution in [0.5, 0.6) is 0 Å². The Hall–Kier alpha value is -0.700. The molecule has 1 unspecified atom stereocenters. The number of rotatable bonds is 4. The lowest BCUT2D eigenvalue weighted by Gasteiger charge is -2.37. The largest absolute Gasteiger partial charge is 0.466 e. The van der Waals surface area contributed by atoms with Crippen LogP contribution in [-0.2, 0) is 19.7 Å². The molecule has 2 saturated heterocycles. The predicted molar refractivity (Wildman–Crippen MR) is 78.9 cm³/mol. The van der Waals surface area contributed by atoms with E-state index in [9.17, 15) is 13.2 Å². The maximum Gasteiger partial charge on any atom is 0.310 e. The molecule has 0 aliphatic carbocycles. The molecule has 0 bridgehead atoms. The number of hydrogen-bond donors (Lipinski definition) is 1. The minimum Gasteiger partial charge on any atom is -0.466 e. The predicted octanol–water partition coefficient (Wildman–Crippen LogP) is -0.200. The van der Waals surface area contributed by atoms with E-state index in [4.69, 9.17) is 4.74 Å². The van der Waals surface area contributed by atoms with Crippen molar-refractivity contribution in [1.82, 2.24) is 13.9 Å². The van der Waals surface area contributed by atoms with Crippen molar-refractivity contribution in [3.63, 3.8) is 0 Å². The molecule has 2 aliphatic rings. The molecule has 2 rings (SSSR count). The molecule has 7 nitrogen and oxygen atoms in total. The lowest BCUT2D eigenvalue weighted by molar-refractivity contribution is -0.149. The van der Waals surface area contributed by atoms with Crippen molar-refractivity contribution in [2.45, 2.75) is 32.7 Å². The minimum atomic E-state index is -3.48. The van der Waals surface area contributed by atoms with Gasteiger partial charge in [0.25, 0.3) is 10.2 Å². The Labute approximate surface area is 126 Å². The fourth-order valence-electron chi connectivity index (χ4n) is 2.87. The van der Waals surface area contributed by atoms with E-state index in [0.717, 1.165) is 0 Å². The molecule has 2 aliphatic heterocycles. The number of nitrogens with one attached hydrogen (secondary N) is 1. The molecule has 122 valence electrons. The molecule has 0 radical (unpaired) electrons. The zero-order chi connectivity index (χ0) is 15.5. The van der Waals surface area contributed by atoms with Gasteiger partial charge in [-0.1, -0.05) is 0 Å². The van der Waals surface area contributed by atoms with Crippen molar-refractivity contribution >= 4 is 16.2 Å². The first-order valence-electron chi connectivity index (χ1n) is 7.60. The Morgan fingerprint density at radius 3 is 2.67 bits per heavy atom. The molecule has 0 aromatic carbocycles. The smallest absolute Gasteiger partial charge is 0.310 e. The summed E-state index contributed by atoms with van der Waals surface area (Å²) in [5, 5.41) is 3.23. The summed E-state index contributed by atoms with van der Waals surface area (Å²) in [5.41, 5.74) is 0. The van der Waals surface area contributed by atoms with Crippen LogP contribution in [0.25, 0.3) is 0 Å². The van der Waals surface area contributed by atoms with Crippen LogP contribution in [0.3, 0.4) is 0 Å². The second-order valence-electron chi connectivity index (χ2n) is 5.67. The van der Waals surface area contributed by atoms with Gasteiger partial charge < -0.3 is 10.1 Å². The van der Waals surface area contributed by atoms with Gasteiger partial charge in [0.2, 0.25) is 0 Å². The summed E-state index contributed by atoms with van der Waals surface area (Å²) in [6.07, 6.45) is 1.40. The molecular formula is C13H25N3O4S. The number of nitrogens with zero attached hydrogens (tertiary/aromatic N) is 2. The van der Waals surface area contributed by atoms with Crippen LogP contribution < -0.4 is 5.32 Å². The Balaban J connectivity index is 2.03. The normalized spacial score (nSPS) is 29.2. The molecule has 0 amide bonds. The van der Waals surface area contributed by atoms with Crippen LogP contribution in [0.2, 0.25) is 0 Å². The van der Waals surface area contributed by atoms with Crippen LogP contribution in [-0.4, -0.2) is 68.4 Å². The van der Waals surface area contributed by atoms with E-state index in [-0.39, 0.29) is 24.5 Å². The Kier molecular flexibility index (Phi) is 5.59. The van der Waals surface area contributed by atoms with Gasteiger partial charge in [0.15, 0.2) is 0 Å². The van der Waals surface area contributed by atoms with Gasteiger partial charge in [-0.05, 0) is 26.7 Å². The van der Waals surface area contributed by atoms with Crippen LogP contribution in [0.1, 0.15) is 26.7 Å². The first kappa shape index (κ1) is 16.7. The van der Waals surface area contributed by atoms with Gasteiger partial charge in [0.05, 0.1) is 12.5 Å². The maximum atomic E-state index is 12.7. The lowest BCUT2D eigenvalue weighted by Crippen LogP contribution is -2.56. The molecule has 0 spiro atoms. The van der Waals surface area contributed by atoms with Crippen LogP contribution in [0, 0.1) is 5.92 Å². The monoisotopic (exact) mass is 319 g/mol. The van der Waals surface area contributed by atoms with Gasteiger partial charge in [0.1, 0.15) is 0 Å². The molecule has 8 heteroatoms. The topological polar surface area (TPSA) is 79.0 Å². The fraction of sp³-hybridized carbons (Fsp3) is 0.923. The highest BCUT2D eigenvalue weighted by Crippen LogP contribution is 2.22. The van der Waals surface area contributed by atoms with Crippen LogP contribution in [0.4, 0.5) is 0 Å². The summed E-state index contributed by atoms with van der Waals surface area (Å²) in [5.74, 6) is -0.625. The standard InChI is InChI=1S/C13H25N3O4S/c1-3-20-13(17)12-5-4-7-15(10-12)21(18,19)16-8-6-14-11(2)9-16/h11-12,14H,3-10H2,1-2H3/t11-,12?/m1/s1. The summed E-state index contributed by atoms with van der Waals surface area (Å²) in [4.78, 5) is 11.8. The number of piperidine rings is 1. The van der Waals surface area contributed by atoms with E-state index in [1.54, 1.807) is 6.92 Å². The highest BCUT2D eigenvalue weighted by Gasteiger charge is 2.37. The SMILES string of the molecule is CCOC(=O)C1CCCN(S(=O)(=O)N2CCN[C@H](C)C2)C1. The van der Waals surface area contributed by atoms with E-state index in [0.29, 0.717) is 45.6 Å². The molecule has 1 N–H and O–H groups in total. The zero-order valence-electron chi connectivity index (χ0n) is 12.7. The first-order valence-corrected chi connectivity index (χ1v) is 9.00. The van der Waals surface area contributed by atoms with Crippen molar-refractivity contribution in [2.24, 2.45) is 5.92 Å². The van der Waals surface area contributed by atoms with Crippen LogP contribution >= 0.6 is 0 Å². The lowest BCUT2D eigenvalue weighted by atomic mass is 10.0. The van der Waals surface area contributed by atoms with Crippen molar-refractivity contribution in [1.29, 1.82) is 0 Å². The highest BCUT2D eigenvalue weighted by atomic mass is 32.2. The molecular weight excluding hydrogens is 294 g/mol. The van der Waals surface area contributed by atoms with E-state index >= 15 is 0 Å². The van der Waals surface area contributed by atoms with Crippen molar-refractivity contribution in [3.8, 4) is 0 Å². The number of ether oxygens (including phenoxy) is 1. The zero-order valence-corrected chi connectivity index (χ0v) is 13.6. The quantitative estimate of drug-likeness (QED) is 0.726. The summed E-state index contributed by atoms with van der Waals surface area (Å²) in [6.45, 7) is 6.40. The van der Waals surface area contributed by atoms with Gasteiger partial charge in [-0.15, -0.1) is 0 Å². The molecule has 21 heavy (non-hydrogen) atoms. The van der Waals surface area contributed by atoms with E-state index in [1.807, 2.05) is 6.92 Å². The summed E-state index contributed by atoms with van der Waals surface area (Å²) in [7, 11) is -3.48. The third-order valence-electron chi connectivity index (χ3n) is 3.99. The number of esters is 1. The Bertz CT molecular complexity index is 468. The molecule has 2 heterocycles. The number of hydrogen-bond acceptors (Lipinski definition) is 5. The van der Waals surface area contributed by atoms with Crippen molar-refractivity contribution in [3.05, 3.63) is 0 Å². The van der Waals surface area contributed by atoms with E-state index < -0.39 is 10.2 Å². The fourth-order valence-corrected chi connectivity index (χ4v) is 4.66. The van der Waals surface area contributed by atoms with E-state index in [1.165, 1.54) is 8.61 Å². The number of piperazine rings is 1. The third kappa shape index (κ3) is 3.94. The maximum absolute atomic E-state index is 12.7. The molecule has 0 saturated carbocycles. The minimum absolute atomic E-state index is 0.152. The number of carbonyl (C=O) groups is 1. The summed E-state index contributed by atoms with van der Waals surface area (Å²) in [6, 6.07) is 0.152. The van der Waals surface area contributed by atoms with Crippen molar-refractivity contribution in [2.75, 3.05) is 39.3 Å². The average Bonchev–Trinajstić information content (AvgIpc) is 2.47. The highest BCUT2D eigenvalue weighted by molar-refractivity contribution is 7.86. The van der Waals surface area contributed by atoms with Gasteiger partial charge in [-0.3, -0.25) is 4.79 Å². The second kappa shape index (κ2) is 7.04.